The average molecular weight is 940 g/mol. The number of nitrogens with zero attached hydrogens (tertiary/aromatic N) is 3. The molecule has 0 fully saturated rings. The second-order valence-electron chi connectivity index (χ2n) is 12.3. The first-order valence-electron chi connectivity index (χ1n) is 18.1. The van der Waals surface area contributed by atoms with E-state index in [-0.39, 0.29) is 46.9 Å². The minimum Gasteiger partial charge on any atom is -0.463 e. The number of ether oxygens (including phenoxy) is 4. The van der Waals surface area contributed by atoms with Crippen LogP contribution in [-0.4, -0.2) is 90.4 Å². The van der Waals surface area contributed by atoms with Crippen molar-refractivity contribution in [3.05, 3.63) is 117 Å². The zero-order valence-corrected chi connectivity index (χ0v) is 37.0. The third-order valence-corrected chi connectivity index (χ3v) is 8.77. The number of alkyl halides is 6. The van der Waals surface area contributed by atoms with Gasteiger partial charge in [0.2, 0.25) is 5.91 Å². The van der Waals surface area contributed by atoms with Crippen LogP contribution >= 0.6 is 46.4 Å². The number of anilines is 1. The van der Waals surface area contributed by atoms with Gasteiger partial charge in [0.1, 0.15) is 22.9 Å². The number of hydrogen-bond acceptors (Lipinski definition) is 10. The molecule has 61 heavy (non-hydrogen) atoms. The molecule has 0 aliphatic rings. The molecular formula is C41H46Cl4F3N3O10. The molecule has 3 aromatic rings. The second-order valence-corrected chi connectivity index (χ2v) is 14.1. The van der Waals surface area contributed by atoms with Crippen molar-refractivity contribution >= 4 is 81.5 Å². The maximum Gasteiger partial charge on any atom is 0.416 e. The molecular weight excluding hydrogens is 893 g/mol. The topological polar surface area (TPSA) is 155 Å². The number of aryl methyl sites for hydroxylation is 2. The van der Waals surface area contributed by atoms with E-state index in [0.717, 1.165) is 53.6 Å². The van der Waals surface area contributed by atoms with E-state index in [1.807, 2.05) is 26.0 Å². The quantitative estimate of drug-likeness (QED) is 0.0396. The second kappa shape index (κ2) is 27.2. The Kier molecular flexibility index (Phi) is 24.1. The fourth-order valence-electron chi connectivity index (χ4n) is 5.22. The first-order valence-corrected chi connectivity index (χ1v) is 19.9. The molecule has 13 nitrogen and oxygen atoms in total. The van der Waals surface area contributed by atoms with Crippen molar-refractivity contribution in [1.82, 2.24) is 4.90 Å². The number of rotatable bonds is 18. The van der Waals surface area contributed by atoms with E-state index in [1.165, 1.54) is 11.8 Å². The van der Waals surface area contributed by atoms with Crippen LogP contribution in [0.3, 0.4) is 0 Å². The van der Waals surface area contributed by atoms with E-state index in [1.54, 1.807) is 24.2 Å². The normalized spacial score (nSPS) is 11.1. The highest BCUT2D eigenvalue weighted by Crippen LogP contribution is 2.37. The monoisotopic (exact) mass is 937 g/mol. The average Bonchev–Trinajstić information content (AvgIpc) is 3.21. The van der Waals surface area contributed by atoms with Gasteiger partial charge in [-0.1, -0.05) is 72.1 Å². The summed E-state index contributed by atoms with van der Waals surface area (Å²) < 4.78 is 58.0. The van der Waals surface area contributed by atoms with Gasteiger partial charge in [-0.25, -0.2) is 9.59 Å². The molecule has 1 unspecified atom stereocenters. The summed E-state index contributed by atoms with van der Waals surface area (Å²) >= 11 is 22.4. The predicted molar refractivity (Wildman–Crippen MR) is 229 cm³/mol. The summed E-state index contributed by atoms with van der Waals surface area (Å²) in [7, 11) is 1.64. The summed E-state index contributed by atoms with van der Waals surface area (Å²) in [5, 5.41) is 10.8. The molecule has 0 saturated carbocycles. The van der Waals surface area contributed by atoms with Crippen LogP contribution in [0.5, 0.6) is 11.5 Å². The van der Waals surface area contributed by atoms with Gasteiger partial charge in [0.15, 0.2) is 11.4 Å². The Balaban J connectivity index is 0.000000511. The molecule has 0 radical (unpaired) electrons. The number of halogens is 7. The molecule has 0 aliphatic carbocycles. The van der Waals surface area contributed by atoms with Gasteiger partial charge in [-0.05, 0) is 62.6 Å². The first-order chi connectivity index (χ1) is 28.7. The molecule has 0 N–H and O–H groups in total. The van der Waals surface area contributed by atoms with Gasteiger partial charge in [-0.2, -0.15) is 13.2 Å². The van der Waals surface area contributed by atoms with Crippen molar-refractivity contribution < 1.29 is 56.2 Å². The molecule has 2 amide bonds. The van der Waals surface area contributed by atoms with Gasteiger partial charge in [0.25, 0.3) is 11.6 Å². The number of benzene rings is 3. The molecule has 0 bridgehead atoms. The Morgan fingerprint density at radius 3 is 2.11 bits per heavy atom. The summed E-state index contributed by atoms with van der Waals surface area (Å²) in [6.07, 6.45) is -0.511. The van der Waals surface area contributed by atoms with Crippen molar-refractivity contribution in [2.45, 2.75) is 51.2 Å². The lowest BCUT2D eigenvalue weighted by Gasteiger charge is -2.31. The predicted octanol–water partition coefficient (Wildman–Crippen LogP) is 9.93. The smallest absolute Gasteiger partial charge is 0.416 e. The van der Waals surface area contributed by atoms with Gasteiger partial charge < -0.3 is 28.7 Å². The SMILES string of the molecule is C=CCN(CC=C)C(=O)C(Cl)Cl.CCOC(=O)COC(=O)c1cc(Oc2ccc(C(F)(F)F)cc2Cl)ccc1[N+](=O)[O-].CCc1cccc(C)c1N(C(=O)CCl)C(C)COC. The minimum atomic E-state index is -4.61. The van der Waals surface area contributed by atoms with E-state index in [2.05, 4.69) is 30.9 Å². The Morgan fingerprint density at radius 2 is 1.62 bits per heavy atom. The Labute approximate surface area is 372 Å². The van der Waals surface area contributed by atoms with Crippen LogP contribution in [0, 0.1) is 17.0 Å². The van der Waals surface area contributed by atoms with Crippen LogP contribution in [0.25, 0.3) is 0 Å². The van der Waals surface area contributed by atoms with Gasteiger partial charge >= 0.3 is 18.1 Å². The van der Waals surface area contributed by atoms with Crippen molar-refractivity contribution in [3.63, 3.8) is 0 Å². The fourth-order valence-corrected chi connectivity index (χ4v) is 5.84. The number of hydrogen-bond donors (Lipinski definition) is 0. The van der Waals surface area contributed by atoms with Crippen LogP contribution in [0.15, 0.2) is 79.9 Å². The summed E-state index contributed by atoms with van der Waals surface area (Å²) in [5.74, 6) is -2.79. The van der Waals surface area contributed by atoms with Crippen molar-refractivity contribution in [2.24, 2.45) is 0 Å². The van der Waals surface area contributed by atoms with Crippen LogP contribution in [0.4, 0.5) is 24.5 Å². The minimum absolute atomic E-state index is 0.0223. The summed E-state index contributed by atoms with van der Waals surface area (Å²) in [5.41, 5.74) is 1.05. The maximum atomic E-state index is 12.7. The number of amides is 2. The number of nitro benzene ring substituents is 1. The van der Waals surface area contributed by atoms with Crippen LogP contribution < -0.4 is 9.64 Å². The lowest BCUT2D eigenvalue weighted by molar-refractivity contribution is -0.385. The number of para-hydroxylation sites is 1. The van der Waals surface area contributed by atoms with Gasteiger partial charge in [0.05, 0.1) is 40.5 Å². The summed E-state index contributed by atoms with van der Waals surface area (Å²) in [6.45, 7) is 15.3. The molecule has 1 atom stereocenters. The number of methoxy groups -OCH3 is 1. The summed E-state index contributed by atoms with van der Waals surface area (Å²) in [4.78, 5) is 59.4. The third-order valence-electron chi connectivity index (χ3n) is 7.87. The van der Waals surface area contributed by atoms with Crippen molar-refractivity contribution in [2.75, 3.05) is 50.8 Å². The zero-order valence-electron chi connectivity index (χ0n) is 33.9. The Morgan fingerprint density at radius 1 is 0.984 bits per heavy atom. The van der Waals surface area contributed by atoms with E-state index < -0.39 is 51.3 Å². The number of carbonyl (C=O) groups is 4. The molecule has 20 heteroatoms. The highest BCUT2D eigenvalue weighted by molar-refractivity contribution is 6.53. The van der Waals surface area contributed by atoms with E-state index in [0.29, 0.717) is 25.8 Å². The van der Waals surface area contributed by atoms with Crippen molar-refractivity contribution in [3.8, 4) is 11.5 Å². The number of nitro groups is 1. The number of esters is 2. The maximum absolute atomic E-state index is 12.7. The van der Waals surface area contributed by atoms with Crippen molar-refractivity contribution in [1.29, 1.82) is 0 Å². The molecule has 0 aliphatic heterocycles. The standard InChI is InChI=1S/C18H13ClF3NO7.C15H22ClNO2.C8H11Cl2NO/c1-2-28-16(24)9-29-17(25)12-8-11(4-5-14(12)23(26)27)30-15-6-3-10(7-13(15)19)18(20,21)22;1-5-13-8-6-7-11(2)15(13)17(14(18)9-16)12(3)10-19-4;1-3-5-11(6-4-2)8(12)7(9)10/h3-8H,2,9H2,1H3;6-8,12H,5,9-10H2,1-4H3;3-4,7H,1-2,5-6H2. The van der Waals surface area contributed by atoms with E-state index in [9.17, 15) is 42.5 Å². The highest BCUT2D eigenvalue weighted by Gasteiger charge is 2.31. The molecule has 3 aromatic carbocycles. The molecule has 0 heterocycles. The zero-order chi connectivity index (χ0) is 46.4. The fraction of sp³-hybridized carbons (Fsp3) is 0.366. The lowest BCUT2D eigenvalue weighted by atomic mass is 10.0. The molecule has 3 rings (SSSR count). The van der Waals surface area contributed by atoms with Gasteiger partial charge in [-0.15, -0.1) is 24.8 Å². The van der Waals surface area contributed by atoms with E-state index in [4.69, 9.17) is 60.6 Å². The Bertz CT molecular complexity index is 1980. The number of carbonyl (C=O) groups excluding carboxylic acids is 4. The highest BCUT2D eigenvalue weighted by atomic mass is 35.5. The van der Waals surface area contributed by atoms with Gasteiger partial charge in [0, 0.05) is 32.3 Å². The third kappa shape index (κ3) is 17.6. The van der Waals surface area contributed by atoms with Crippen LogP contribution in [0.1, 0.15) is 47.8 Å². The largest absolute Gasteiger partial charge is 0.463 e. The van der Waals surface area contributed by atoms with E-state index >= 15 is 0 Å². The molecule has 0 spiro atoms. The Hall–Kier alpha value is -4.87. The van der Waals surface area contributed by atoms with Crippen LogP contribution in [0.2, 0.25) is 5.02 Å². The first kappa shape index (κ1) is 54.1. The van der Waals surface area contributed by atoms with Gasteiger partial charge in [-0.3, -0.25) is 19.7 Å². The van der Waals surface area contributed by atoms with Crippen LogP contribution in [-0.2, 0) is 41.2 Å². The molecule has 0 saturated heterocycles. The molecule has 0 aromatic heterocycles. The lowest BCUT2D eigenvalue weighted by Crippen LogP contribution is -2.43. The summed E-state index contributed by atoms with van der Waals surface area (Å²) in [6, 6.07) is 11.4. The molecule has 334 valence electrons.